The number of hydrazone groups is 1. The first-order valence-electron chi connectivity index (χ1n) is 9.13. The molecule has 0 spiro atoms. The molecule has 0 saturated heterocycles. The van der Waals surface area contributed by atoms with Crippen molar-refractivity contribution >= 4 is 33.2 Å². The number of hydrogen-bond acceptors (Lipinski definition) is 3. The van der Waals surface area contributed by atoms with E-state index in [0.717, 1.165) is 27.4 Å². The van der Waals surface area contributed by atoms with Gasteiger partial charge in [-0.3, -0.25) is 4.79 Å². The molecule has 0 aliphatic heterocycles. The molecule has 0 unspecified atom stereocenters. The lowest BCUT2D eigenvalue weighted by Crippen LogP contribution is -2.25. The maximum atomic E-state index is 12.2. The lowest BCUT2D eigenvalue weighted by Gasteiger charge is -2.09. The molecule has 0 bridgehead atoms. The van der Waals surface area contributed by atoms with Crippen molar-refractivity contribution in [1.29, 1.82) is 0 Å². The summed E-state index contributed by atoms with van der Waals surface area (Å²) >= 11 is 0. The number of rotatable bonds is 5. The van der Waals surface area contributed by atoms with Crippen LogP contribution in [-0.2, 0) is 4.79 Å². The van der Waals surface area contributed by atoms with Crippen molar-refractivity contribution in [3.8, 4) is 5.75 Å². The number of nitrogens with one attached hydrogen (secondary N) is 1. The number of nitrogens with zero attached hydrogens (tertiary/aromatic N) is 1. The molecule has 4 nitrogen and oxygen atoms in total. The van der Waals surface area contributed by atoms with Crippen molar-refractivity contribution in [2.24, 2.45) is 5.10 Å². The minimum absolute atomic E-state index is 0.0947. The predicted octanol–water partition coefficient (Wildman–Crippen LogP) is 4.91. The molecule has 0 aromatic heterocycles. The standard InChI is InChI=1S/C24H20N2O2/c1-17(20-14-13-18-7-2-3-9-21(18)15-20)25-26-24(27)16-28-23-12-6-10-19-8-4-5-11-22(19)23/h2-15H,16H2,1H3,(H,26,27). The van der Waals surface area contributed by atoms with Gasteiger partial charge in [-0.05, 0) is 40.8 Å². The third-order valence-corrected chi connectivity index (χ3v) is 4.62. The normalized spacial score (nSPS) is 11.5. The SMILES string of the molecule is CC(=NNC(=O)COc1cccc2ccccc12)c1ccc2ccccc2c1. The van der Waals surface area contributed by atoms with E-state index in [1.54, 1.807) is 0 Å². The number of amides is 1. The van der Waals surface area contributed by atoms with E-state index in [4.69, 9.17) is 4.74 Å². The Morgan fingerprint density at radius 3 is 2.43 bits per heavy atom. The minimum Gasteiger partial charge on any atom is -0.483 e. The third kappa shape index (κ3) is 3.86. The number of ether oxygens (including phenoxy) is 1. The first-order chi connectivity index (χ1) is 13.7. The summed E-state index contributed by atoms with van der Waals surface area (Å²) in [6.45, 7) is 1.78. The van der Waals surface area contributed by atoms with Crippen LogP contribution in [0.25, 0.3) is 21.5 Å². The van der Waals surface area contributed by atoms with E-state index in [-0.39, 0.29) is 12.5 Å². The smallest absolute Gasteiger partial charge is 0.277 e. The van der Waals surface area contributed by atoms with Gasteiger partial charge in [0.2, 0.25) is 0 Å². The summed E-state index contributed by atoms with van der Waals surface area (Å²) in [5.74, 6) is 0.386. The summed E-state index contributed by atoms with van der Waals surface area (Å²) in [5.41, 5.74) is 4.28. The van der Waals surface area contributed by atoms with E-state index >= 15 is 0 Å². The van der Waals surface area contributed by atoms with Gasteiger partial charge in [0.15, 0.2) is 6.61 Å². The van der Waals surface area contributed by atoms with Crippen molar-refractivity contribution in [2.45, 2.75) is 6.92 Å². The zero-order valence-electron chi connectivity index (χ0n) is 15.6. The summed E-state index contributed by atoms with van der Waals surface area (Å²) in [7, 11) is 0. The van der Waals surface area contributed by atoms with E-state index in [2.05, 4.69) is 34.8 Å². The van der Waals surface area contributed by atoms with Crippen molar-refractivity contribution in [1.82, 2.24) is 5.43 Å². The average molecular weight is 368 g/mol. The molecule has 4 heteroatoms. The summed E-state index contributed by atoms with van der Waals surface area (Å²) in [6, 6.07) is 28.0. The molecule has 0 saturated carbocycles. The summed E-state index contributed by atoms with van der Waals surface area (Å²) in [4.78, 5) is 12.2. The molecule has 4 rings (SSSR count). The molecule has 4 aromatic rings. The topological polar surface area (TPSA) is 50.7 Å². The Labute approximate surface area is 163 Å². The molecule has 0 aliphatic carbocycles. The van der Waals surface area contributed by atoms with E-state index in [0.29, 0.717) is 5.75 Å². The fraction of sp³-hybridized carbons (Fsp3) is 0.0833. The van der Waals surface area contributed by atoms with Crippen molar-refractivity contribution in [3.05, 3.63) is 90.5 Å². The molecular weight excluding hydrogens is 348 g/mol. The third-order valence-electron chi connectivity index (χ3n) is 4.62. The highest BCUT2D eigenvalue weighted by Crippen LogP contribution is 2.25. The highest BCUT2D eigenvalue weighted by molar-refractivity contribution is 6.02. The van der Waals surface area contributed by atoms with Gasteiger partial charge in [-0.25, -0.2) is 5.43 Å². The quantitative estimate of drug-likeness (QED) is 0.402. The van der Waals surface area contributed by atoms with Crippen LogP contribution in [0.2, 0.25) is 0 Å². The molecule has 0 heterocycles. The lowest BCUT2D eigenvalue weighted by atomic mass is 10.0. The van der Waals surface area contributed by atoms with Gasteiger partial charge in [0, 0.05) is 5.39 Å². The van der Waals surface area contributed by atoms with Crippen LogP contribution in [0.5, 0.6) is 5.75 Å². The molecule has 0 radical (unpaired) electrons. The maximum absolute atomic E-state index is 12.2. The molecule has 0 atom stereocenters. The van der Waals surface area contributed by atoms with Gasteiger partial charge in [0.25, 0.3) is 5.91 Å². The average Bonchev–Trinajstić information content (AvgIpc) is 2.75. The number of carbonyl (C=O) groups is 1. The van der Waals surface area contributed by atoms with Gasteiger partial charge in [-0.2, -0.15) is 5.10 Å². The highest BCUT2D eigenvalue weighted by Gasteiger charge is 2.06. The molecule has 138 valence electrons. The van der Waals surface area contributed by atoms with Crippen LogP contribution < -0.4 is 10.2 Å². The van der Waals surface area contributed by atoms with Crippen LogP contribution in [-0.4, -0.2) is 18.2 Å². The van der Waals surface area contributed by atoms with Gasteiger partial charge in [-0.1, -0.05) is 72.8 Å². The van der Waals surface area contributed by atoms with E-state index < -0.39 is 0 Å². The Kier molecular flexibility index (Phi) is 5.02. The molecule has 1 amide bonds. The van der Waals surface area contributed by atoms with Crippen molar-refractivity contribution < 1.29 is 9.53 Å². The first kappa shape index (κ1) is 17.7. The molecule has 28 heavy (non-hydrogen) atoms. The van der Waals surface area contributed by atoms with Gasteiger partial charge in [-0.15, -0.1) is 0 Å². The van der Waals surface area contributed by atoms with Crippen LogP contribution in [0.1, 0.15) is 12.5 Å². The number of carbonyl (C=O) groups excluding carboxylic acids is 1. The van der Waals surface area contributed by atoms with Crippen LogP contribution in [0.15, 0.2) is 90.0 Å². The minimum atomic E-state index is -0.298. The van der Waals surface area contributed by atoms with E-state index in [1.807, 2.05) is 67.6 Å². The Bertz CT molecular complexity index is 1180. The zero-order chi connectivity index (χ0) is 19.3. The van der Waals surface area contributed by atoms with Crippen molar-refractivity contribution in [3.63, 3.8) is 0 Å². The fourth-order valence-corrected chi connectivity index (χ4v) is 3.12. The van der Waals surface area contributed by atoms with Crippen LogP contribution in [0.4, 0.5) is 0 Å². The Hall–Kier alpha value is -3.66. The fourth-order valence-electron chi connectivity index (χ4n) is 3.12. The van der Waals surface area contributed by atoms with Gasteiger partial charge in [0.05, 0.1) is 5.71 Å². The monoisotopic (exact) mass is 368 g/mol. The molecular formula is C24H20N2O2. The predicted molar refractivity (Wildman–Crippen MR) is 114 cm³/mol. The first-order valence-corrected chi connectivity index (χ1v) is 9.13. The van der Waals surface area contributed by atoms with E-state index in [1.165, 1.54) is 5.39 Å². The van der Waals surface area contributed by atoms with Gasteiger partial charge in [0.1, 0.15) is 5.75 Å². The summed E-state index contributed by atoms with van der Waals surface area (Å²) in [6.07, 6.45) is 0. The molecule has 1 N–H and O–H groups in total. The van der Waals surface area contributed by atoms with Crippen LogP contribution in [0, 0.1) is 0 Å². The van der Waals surface area contributed by atoms with Gasteiger partial charge < -0.3 is 4.74 Å². The second-order valence-corrected chi connectivity index (χ2v) is 6.56. The second kappa shape index (κ2) is 7.92. The van der Waals surface area contributed by atoms with Crippen LogP contribution in [0.3, 0.4) is 0 Å². The lowest BCUT2D eigenvalue weighted by molar-refractivity contribution is -0.123. The molecule has 0 aliphatic rings. The van der Waals surface area contributed by atoms with Crippen molar-refractivity contribution in [2.75, 3.05) is 6.61 Å². The zero-order valence-corrected chi connectivity index (χ0v) is 15.6. The van der Waals surface area contributed by atoms with Gasteiger partial charge >= 0.3 is 0 Å². The number of fused-ring (bicyclic) bond motifs is 2. The number of benzene rings is 4. The van der Waals surface area contributed by atoms with E-state index in [9.17, 15) is 4.79 Å². The molecule has 4 aromatic carbocycles. The Balaban J connectivity index is 1.41. The van der Waals surface area contributed by atoms with Crippen LogP contribution >= 0.6 is 0 Å². The largest absolute Gasteiger partial charge is 0.483 e. The number of hydrogen-bond donors (Lipinski definition) is 1. The summed E-state index contributed by atoms with van der Waals surface area (Å²) in [5, 5.41) is 8.58. The Morgan fingerprint density at radius 2 is 1.57 bits per heavy atom. The highest BCUT2D eigenvalue weighted by atomic mass is 16.5. The maximum Gasteiger partial charge on any atom is 0.277 e. The molecule has 0 fully saturated rings. The second-order valence-electron chi connectivity index (χ2n) is 6.56. The Morgan fingerprint density at radius 1 is 0.857 bits per heavy atom. The summed E-state index contributed by atoms with van der Waals surface area (Å²) < 4.78 is 5.70.